The molecule has 0 amide bonds. The molecule has 0 heterocycles. The maximum absolute atomic E-state index is 15.4. The minimum Gasteiger partial charge on any atom is -0.399 e. The monoisotopic (exact) mass is 585 g/mol. The summed E-state index contributed by atoms with van der Waals surface area (Å²) in [6, 6.07) is 18.3. The van der Waals surface area contributed by atoms with Gasteiger partial charge < -0.3 is 5.73 Å². The van der Waals surface area contributed by atoms with E-state index in [2.05, 4.69) is 38.1 Å². The first-order valence-electron chi connectivity index (χ1n) is 15.2. The van der Waals surface area contributed by atoms with Crippen molar-refractivity contribution in [3.05, 3.63) is 99.9 Å². The van der Waals surface area contributed by atoms with Crippen LogP contribution in [0.2, 0.25) is 0 Å². The molecule has 0 bridgehead atoms. The Balaban J connectivity index is 0.000000892. The highest BCUT2D eigenvalue weighted by atomic mass is 19.4. The Hall–Kier alpha value is -3.15. The molecule has 4 rings (SSSR count). The van der Waals surface area contributed by atoms with Gasteiger partial charge in [-0.2, -0.15) is 13.2 Å². The molecule has 1 nitrogen and oxygen atoms in total. The lowest BCUT2D eigenvalue weighted by atomic mass is 9.86. The van der Waals surface area contributed by atoms with Crippen molar-refractivity contribution in [1.82, 2.24) is 0 Å². The number of alkyl halides is 4. The average Bonchev–Trinajstić information content (AvgIpc) is 3.12. The first-order valence-corrected chi connectivity index (χ1v) is 15.2. The third-order valence-electron chi connectivity index (χ3n) is 7.86. The molecular formula is C36H44F5N. The van der Waals surface area contributed by atoms with E-state index in [0.717, 1.165) is 72.4 Å². The van der Waals surface area contributed by atoms with Crippen LogP contribution in [0, 0.1) is 11.7 Å². The van der Waals surface area contributed by atoms with E-state index in [0.29, 0.717) is 23.6 Å². The fourth-order valence-electron chi connectivity index (χ4n) is 5.68. The molecule has 0 aliphatic heterocycles. The lowest BCUT2D eigenvalue weighted by molar-refractivity contribution is -0.127. The Morgan fingerprint density at radius 3 is 2.10 bits per heavy atom. The van der Waals surface area contributed by atoms with Gasteiger partial charge in [0.2, 0.25) is 0 Å². The molecule has 0 radical (unpaired) electrons. The van der Waals surface area contributed by atoms with Gasteiger partial charge in [0.1, 0.15) is 5.82 Å². The second-order valence-electron chi connectivity index (χ2n) is 11.2. The Morgan fingerprint density at radius 2 is 1.52 bits per heavy atom. The van der Waals surface area contributed by atoms with Crippen molar-refractivity contribution in [3.8, 4) is 0 Å². The summed E-state index contributed by atoms with van der Waals surface area (Å²) in [4.78, 5) is 0. The molecule has 42 heavy (non-hydrogen) atoms. The molecule has 1 aliphatic carbocycles. The maximum Gasteiger partial charge on any atom is 0.393 e. The Labute approximate surface area is 248 Å². The smallest absolute Gasteiger partial charge is 0.393 e. The van der Waals surface area contributed by atoms with Gasteiger partial charge in [0.05, 0.1) is 13.1 Å². The molecule has 0 fully saturated rings. The number of hydrogen-bond donors (Lipinski definition) is 1. The molecule has 3 aromatic carbocycles. The first kappa shape index (κ1) is 33.4. The molecule has 3 aromatic rings. The van der Waals surface area contributed by atoms with Gasteiger partial charge in [-0.3, -0.25) is 4.39 Å². The molecule has 0 saturated carbocycles. The molecule has 0 spiro atoms. The number of fused-ring (bicyclic) bond motifs is 1. The Morgan fingerprint density at radius 1 is 0.833 bits per heavy atom. The SMILES string of the molecule is CCCC(CC)Cc1ccc(C2=C(c3ccc(CC(F)(F)F)cc3F)CCCc3cc(N)ccc32)cc1.CCCCF. The number of benzene rings is 3. The van der Waals surface area contributed by atoms with Crippen LogP contribution in [-0.2, 0) is 19.3 Å². The third kappa shape index (κ3) is 9.43. The average molecular weight is 586 g/mol. The highest BCUT2D eigenvalue weighted by Gasteiger charge is 2.28. The van der Waals surface area contributed by atoms with Crippen LogP contribution in [-0.4, -0.2) is 12.9 Å². The highest BCUT2D eigenvalue weighted by Crippen LogP contribution is 2.41. The van der Waals surface area contributed by atoms with Crippen LogP contribution < -0.4 is 5.73 Å². The van der Waals surface area contributed by atoms with Crippen LogP contribution in [0.3, 0.4) is 0 Å². The van der Waals surface area contributed by atoms with Crippen molar-refractivity contribution < 1.29 is 22.0 Å². The second-order valence-corrected chi connectivity index (χ2v) is 11.2. The van der Waals surface area contributed by atoms with E-state index in [1.165, 1.54) is 30.5 Å². The number of halogens is 5. The van der Waals surface area contributed by atoms with E-state index in [1.807, 2.05) is 25.1 Å². The molecule has 2 N–H and O–H groups in total. The molecular weight excluding hydrogens is 541 g/mol. The molecule has 1 atom stereocenters. The maximum atomic E-state index is 15.4. The zero-order chi connectivity index (χ0) is 30.7. The van der Waals surface area contributed by atoms with E-state index in [4.69, 9.17) is 5.73 Å². The number of unbranched alkanes of at least 4 members (excludes halogenated alkanes) is 1. The van der Waals surface area contributed by atoms with Crippen LogP contribution in [0.4, 0.5) is 27.6 Å². The van der Waals surface area contributed by atoms with Gasteiger partial charge in [-0.1, -0.05) is 88.9 Å². The van der Waals surface area contributed by atoms with Crippen molar-refractivity contribution >= 4 is 16.8 Å². The van der Waals surface area contributed by atoms with Gasteiger partial charge in [-0.15, -0.1) is 0 Å². The van der Waals surface area contributed by atoms with Crippen LogP contribution in [0.1, 0.15) is 99.1 Å². The van der Waals surface area contributed by atoms with Crippen LogP contribution in [0.25, 0.3) is 11.1 Å². The van der Waals surface area contributed by atoms with Crippen molar-refractivity contribution in [2.24, 2.45) is 5.92 Å². The molecule has 0 aromatic heterocycles. The van der Waals surface area contributed by atoms with E-state index < -0.39 is 18.4 Å². The second kappa shape index (κ2) is 15.9. The van der Waals surface area contributed by atoms with Crippen LogP contribution >= 0.6 is 0 Å². The van der Waals surface area contributed by atoms with Crippen molar-refractivity contribution in [2.45, 2.75) is 91.2 Å². The summed E-state index contributed by atoms with van der Waals surface area (Å²) in [5.74, 6) is 0.0339. The van der Waals surface area contributed by atoms with Gasteiger partial charge in [0.25, 0.3) is 0 Å². The Kier molecular flexibility index (Phi) is 12.6. The minimum absolute atomic E-state index is 0.0698. The number of hydrogen-bond acceptors (Lipinski definition) is 1. The van der Waals surface area contributed by atoms with Gasteiger partial charge in [-0.05, 0) is 95.2 Å². The zero-order valence-corrected chi connectivity index (χ0v) is 25.1. The number of nitrogen functional groups attached to an aromatic ring is 1. The highest BCUT2D eigenvalue weighted by molar-refractivity contribution is 6.00. The van der Waals surface area contributed by atoms with Gasteiger partial charge in [-0.25, -0.2) is 4.39 Å². The van der Waals surface area contributed by atoms with Gasteiger partial charge in [0, 0.05) is 11.3 Å². The largest absolute Gasteiger partial charge is 0.399 e. The van der Waals surface area contributed by atoms with E-state index in [1.54, 1.807) is 0 Å². The van der Waals surface area contributed by atoms with Crippen LogP contribution in [0.5, 0.6) is 0 Å². The van der Waals surface area contributed by atoms with Gasteiger partial charge >= 0.3 is 6.18 Å². The quantitative estimate of drug-likeness (QED) is 0.186. The summed E-state index contributed by atoms with van der Waals surface area (Å²) in [6.45, 7) is 6.26. The predicted molar refractivity (Wildman–Crippen MR) is 166 cm³/mol. The van der Waals surface area contributed by atoms with Crippen LogP contribution in [0.15, 0.2) is 60.7 Å². The summed E-state index contributed by atoms with van der Waals surface area (Å²) in [6.07, 6.45) is 2.92. The third-order valence-corrected chi connectivity index (χ3v) is 7.86. The summed E-state index contributed by atoms with van der Waals surface area (Å²) in [7, 11) is 0. The zero-order valence-electron chi connectivity index (χ0n) is 25.1. The standard InChI is InChI=1S/C32H35F4N.C4H9F/c1-3-6-21(4-2)17-22-9-12-24(13-10-22)31-27-16-14-26(37)19-25(27)7-5-8-29(31)28-15-11-23(18-30(28)33)20-32(34,35)36;1-2-3-4-5/h9-16,18-19,21H,3-8,17,20,37H2,1-2H3;2-4H2,1H3. The fourth-order valence-corrected chi connectivity index (χ4v) is 5.68. The topological polar surface area (TPSA) is 26.0 Å². The number of anilines is 1. The molecule has 6 heteroatoms. The van der Waals surface area contributed by atoms with Crippen molar-refractivity contribution in [2.75, 3.05) is 12.4 Å². The number of nitrogens with two attached hydrogens (primary N) is 1. The summed E-state index contributed by atoms with van der Waals surface area (Å²) in [5, 5.41) is 0. The number of aryl methyl sites for hydroxylation is 1. The van der Waals surface area contributed by atoms with Crippen molar-refractivity contribution in [3.63, 3.8) is 0 Å². The molecule has 228 valence electrons. The summed E-state index contributed by atoms with van der Waals surface area (Å²) in [5.41, 5.74) is 13.2. The fraction of sp³-hybridized carbons (Fsp3) is 0.444. The van der Waals surface area contributed by atoms with E-state index in [-0.39, 0.29) is 12.2 Å². The minimum atomic E-state index is -4.38. The first-order chi connectivity index (χ1) is 20.1. The van der Waals surface area contributed by atoms with E-state index >= 15 is 4.39 Å². The number of allylic oxidation sites excluding steroid dienone is 1. The predicted octanol–water partition coefficient (Wildman–Crippen LogP) is 10.9. The normalized spacial score (nSPS) is 14.1. The van der Waals surface area contributed by atoms with E-state index in [9.17, 15) is 17.6 Å². The van der Waals surface area contributed by atoms with Gasteiger partial charge in [0.15, 0.2) is 0 Å². The Bertz CT molecular complexity index is 1310. The summed E-state index contributed by atoms with van der Waals surface area (Å²) < 4.78 is 65.1. The molecule has 1 aliphatic rings. The lowest BCUT2D eigenvalue weighted by Crippen LogP contribution is -2.11. The lowest BCUT2D eigenvalue weighted by Gasteiger charge is -2.19. The molecule has 0 saturated heterocycles. The van der Waals surface area contributed by atoms with Crippen molar-refractivity contribution in [1.29, 1.82) is 0 Å². The number of rotatable bonds is 10. The summed E-state index contributed by atoms with van der Waals surface area (Å²) >= 11 is 0. The molecule has 1 unspecified atom stereocenters.